The fourth-order valence-corrected chi connectivity index (χ4v) is 1.34. The number of nitrogens with zero attached hydrogens (tertiary/aromatic N) is 2. The van der Waals surface area contributed by atoms with Gasteiger partial charge in [0.15, 0.2) is 17.2 Å². The molecule has 0 saturated heterocycles. The molecule has 1 aromatic heterocycles. The van der Waals surface area contributed by atoms with Gasteiger partial charge in [0, 0.05) is 0 Å². The molecular weight excluding hydrogens is 293 g/mol. The third-order valence-corrected chi connectivity index (χ3v) is 2.14. The number of alkyl halides is 3. The van der Waals surface area contributed by atoms with Crippen LogP contribution in [0.1, 0.15) is 10.5 Å². The number of carboxylic acid groups (broad SMARTS) is 1. The van der Waals surface area contributed by atoms with E-state index in [9.17, 15) is 18.0 Å². The van der Waals surface area contributed by atoms with Gasteiger partial charge in [-0.15, -0.1) is 13.2 Å². The summed E-state index contributed by atoms with van der Waals surface area (Å²) in [6.45, 7) is 0. The van der Waals surface area contributed by atoms with Crippen LogP contribution in [0.3, 0.4) is 0 Å². The topological polar surface area (TPSA) is 81.5 Å². The Labute approximate surface area is 115 Å². The number of carbonyl (C=O) groups is 1. The minimum Gasteiger partial charge on any atom is -0.476 e. The van der Waals surface area contributed by atoms with Crippen molar-refractivity contribution < 1.29 is 32.5 Å². The van der Waals surface area contributed by atoms with Crippen molar-refractivity contribution in [1.82, 2.24) is 9.97 Å². The van der Waals surface area contributed by atoms with Crippen LogP contribution in [0.4, 0.5) is 13.2 Å². The van der Waals surface area contributed by atoms with Gasteiger partial charge in [0.2, 0.25) is 5.88 Å². The first kappa shape index (κ1) is 14.6. The molecule has 6 nitrogen and oxygen atoms in total. The fraction of sp³-hybridized carbons (Fsp3) is 0.0833. The molecule has 2 aromatic rings. The first-order valence-corrected chi connectivity index (χ1v) is 5.43. The average molecular weight is 300 g/mol. The van der Waals surface area contributed by atoms with Crippen LogP contribution in [-0.2, 0) is 0 Å². The molecule has 0 fully saturated rings. The predicted octanol–water partition coefficient (Wildman–Crippen LogP) is 2.87. The lowest BCUT2D eigenvalue weighted by atomic mass is 10.3. The maximum Gasteiger partial charge on any atom is 0.573 e. The SMILES string of the molecule is O=C(O)c1cnc(Oc2ccccc2OC(F)(F)F)cn1. The number of para-hydroxylation sites is 2. The zero-order chi connectivity index (χ0) is 15.5. The highest BCUT2D eigenvalue weighted by molar-refractivity contribution is 5.84. The van der Waals surface area contributed by atoms with Gasteiger partial charge in [-0.2, -0.15) is 0 Å². The van der Waals surface area contributed by atoms with E-state index in [1.165, 1.54) is 18.2 Å². The molecule has 0 aliphatic heterocycles. The normalized spacial score (nSPS) is 11.0. The van der Waals surface area contributed by atoms with E-state index in [1.54, 1.807) is 0 Å². The Balaban J connectivity index is 2.21. The van der Waals surface area contributed by atoms with Crippen LogP contribution >= 0.6 is 0 Å². The zero-order valence-electron chi connectivity index (χ0n) is 10.2. The minimum atomic E-state index is -4.86. The quantitative estimate of drug-likeness (QED) is 0.935. The number of ether oxygens (including phenoxy) is 2. The number of carboxylic acids is 1. The molecule has 1 aromatic carbocycles. The molecule has 0 unspecified atom stereocenters. The van der Waals surface area contributed by atoms with Gasteiger partial charge in [-0.3, -0.25) is 0 Å². The van der Waals surface area contributed by atoms with Crippen LogP contribution in [-0.4, -0.2) is 27.4 Å². The number of halogens is 3. The Morgan fingerprint density at radius 3 is 2.29 bits per heavy atom. The maximum absolute atomic E-state index is 12.2. The summed E-state index contributed by atoms with van der Waals surface area (Å²) in [6, 6.07) is 5.10. The lowest BCUT2D eigenvalue weighted by Crippen LogP contribution is -2.17. The Morgan fingerprint density at radius 2 is 1.76 bits per heavy atom. The molecule has 1 heterocycles. The summed E-state index contributed by atoms with van der Waals surface area (Å²) in [4.78, 5) is 17.8. The molecule has 0 saturated carbocycles. The predicted molar refractivity (Wildman–Crippen MR) is 62.2 cm³/mol. The van der Waals surface area contributed by atoms with Gasteiger partial charge in [-0.05, 0) is 12.1 Å². The summed E-state index contributed by atoms with van der Waals surface area (Å²) in [6.07, 6.45) is -2.96. The van der Waals surface area contributed by atoms with Crippen molar-refractivity contribution >= 4 is 5.97 Å². The second-order valence-electron chi connectivity index (χ2n) is 3.64. The molecule has 2 rings (SSSR count). The molecule has 0 spiro atoms. The molecule has 1 N–H and O–H groups in total. The molecule has 0 atom stereocenters. The molecule has 0 aliphatic rings. The van der Waals surface area contributed by atoms with E-state index >= 15 is 0 Å². The van der Waals surface area contributed by atoms with Crippen LogP contribution in [0.2, 0.25) is 0 Å². The highest BCUT2D eigenvalue weighted by atomic mass is 19.4. The summed E-state index contributed by atoms with van der Waals surface area (Å²) in [5, 5.41) is 8.65. The van der Waals surface area contributed by atoms with Crippen LogP contribution in [0.15, 0.2) is 36.7 Å². The summed E-state index contributed by atoms with van der Waals surface area (Å²) < 4.78 is 45.6. The van der Waals surface area contributed by atoms with Crippen molar-refractivity contribution in [1.29, 1.82) is 0 Å². The van der Waals surface area contributed by atoms with E-state index in [1.807, 2.05) is 0 Å². The Hall–Kier alpha value is -2.84. The van der Waals surface area contributed by atoms with Crippen LogP contribution < -0.4 is 9.47 Å². The summed E-state index contributed by atoms with van der Waals surface area (Å²) in [7, 11) is 0. The van der Waals surface area contributed by atoms with E-state index in [4.69, 9.17) is 9.84 Å². The first-order valence-electron chi connectivity index (χ1n) is 5.43. The van der Waals surface area contributed by atoms with Gasteiger partial charge >= 0.3 is 12.3 Å². The maximum atomic E-state index is 12.2. The second-order valence-corrected chi connectivity index (χ2v) is 3.64. The lowest BCUT2D eigenvalue weighted by molar-refractivity contribution is -0.275. The van der Waals surface area contributed by atoms with E-state index in [0.29, 0.717) is 0 Å². The number of aromatic carboxylic acids is 1. The highest BCUT2D eigenvalue weighted by Gasteiger charge is 2.32. The zero-order valence-corrected chi connectivity index (χ0v) is 10.2. The molecule has 110 valence electrons. The minimum absolute atomic E-state index is 0.168. The van der Waals surface area contributed by atoms with E-state index in [0.717, 1.165) is 18.5 Å². The van der Waals surface area contributed by atoms with Crippen molar-refractivity contribution in [3.63, 3.8) is 0 Å². The van der Waals surface area contributed by atoms with Crippen molar-refractivity contribution in [3.05, 3.63) is 42.4 Å². The van der Waals surface area contributed by atoms with E-state index in [-0.39, 0.29) is 17.3 Å². The van der Waals surface area contributed by atoms with Crippen molar-refractivity contribution in [2.45, 2.75) is 6.36 Å². The first-order chi connectivity index (χ1) is 9.85. The van der Waals surface area contributed by atoms with Gasteiger partial charge in [0.1, 0.15) is 0 Å². The van der Waals surface area contributed by atoms with Gasteiger partial charge in [0.25, 0.3) is 0 Å². The van der Waals surface area contributed by atoms with E-state index < -0.39 is 18.1 Å². The summed E-state index contributed by atoms with van der Waals surface area (Å²) in [5.74, 6) is -2.23. The van der Waals surface area contributed by atoms with Gasteiger partial charge in [-0.25, -0.2) is 14.8 Å². The van der Waals surface area contributed by atoms with Gasteiger partial charge < -0.3 is 14.6 Å². The number of aromatic nitrogens is 2. The van der Waals surface area contributed by atoms with Crippen LogP contribution in [0, 0.1) is 0 Å². The smallest absolute Gasteiger partial charge is 0.476 e. The van der Waals surface area contributed by atoms with Crippen LogP contribution in [0.25, 0.3) is 0 Å². The average Bonchev–Trinajstić information content (AvgIpc) is 2.40. The largest absolute Gasteiger partial charge is 0.573 e. The van der Waals surface area contributed by atoms with Crippen molar-refractivity contribution in [2.24, 2.45) is 0 Å². The van der Waals surface area contributed by atoms with Gasteiger partial charge in [-0.1, -0.05) is 12.1 Å². The molecular formula is C12H7F3N2O4. The molecule has 21 heavy (non-hydrogen) atoms. The number of hydrogen-bond acceptors (Lipinski definition) is 5. The molecule has 0 amide bonds. The third-order valence-electron chi connectivity index (χ3n) is 2.14. The molecule has 0 aliphatic carbocycles. The molecule has 9 heteroatoms. The number of hydrogen-bond donors (Lipinski definition) is 1. The summed E-state index contributed by atoms with van der Waals surface area (Å²) >= 11 is 0. The number of rotatable bonds is 4. The lowest BCUT2D eigenvalue weighted by Gasteiger charge is -2.12. The molecule has 0 bridgehead atoms. The Morgan fingerprint density at radius 1 is 1.10 bits per heavy atom. The second kappa shape index (κ2) is 5.65. The number of benzene rings is 1. The molecule has 0 radical (unpaired) electrons. The monoisotopic (exact) mass is 300 g/mol. The standard InChI is InChI=1S/C12H7F3N2O4/c13-12(14,15)21-9-4-2-1-3-8(9)20-10-6-16-7(5-17-10)11(18)19/h1-6H,(H,18,19). The van der Waals surface area contributed by atoms with E-state index in [2.05, 4.69) is 14.7 Å². The van der Waals surface area contributed by atoms with Crippen molar-refractivity contribution in [2.75, 3.05) is 0 Å². The van der Waals surface area contributed by atoms with Crippen LogP contribution in [0.5, 0.6) is 17.4 Å². The highest BCUT2D eigenvalue weighted by Crippen LogP contribution is 2.34. The fourth-order valence-electron chi connectivity index (χ4n) is 1.34. The Kier molecular flexibility index (Phi) is 3.92. The van der Waals surface area contributed by atoms with Crippen molar-refractivity contribution in [3.8, 4) is 17.4 Å². The summed E-state index contributed by atoms with van der Waals surface area (Å²) in [5.41, 5.74) is -0.317. The Bertz CT molecular complexity index is 644. The van der Waals surface area contributed by atoms with Gasteiger partial charge in [0.05, 0.1) is 12.4 Å². The third kappa shape index (κ3) is 4.06.